The summed E-state index contributed by atoms with van der Waals surface area (Å²) in [5.74, 6) is 0.522. The second kappa shape index (κ2) is 15.2. The van der Waals surface area contributed by atoms with E-state index in [0.717, 1.165) is 6.42 Å². The molecule has 0 spiro atoms. The number of benzene rings is 4. The van der Waals surface area contributed by atoms with Crippen molar-refractivity contribution < 1.29 is 49.0 Å². The van der Waals surface area contributed by atoms with Gasteiger partial charge in [0, 0.05) is 5.41 Å². The van der Waals surface area contributed by atoms with Crippen molar-refractivity contribution in [2.45, 2.75) is 72.6 Å². The second-order valence-corrected chi connectivity index (χ2v) is 16.6. The molecule has 4 aliphatic rings. The molecule has 1 unspecified atom stereocenters. The van der Waals surface area contributed by atoms with Crippen molar-refractivity contribution in [2.24, 2.45) is 11.3 Å². The Balaban J connectivity index is 0.000000179. The molecule has 0 saturated heterocycles. The number of hydrogen-bond acceptors (Lipinski definition) is 0. The molecule has 0 fully saturated rings. The molecule has 0 amide bonds. The summed E-state index contributed by atoms with van der Waals surface area (Å²) < 4.78 is 1.42. The van der Waals surface area contributed by atoms with Gasteiger partial charge in [-0.1, -0.05) is 96.4 Å². The predicted molar refractivity (Wildman–Crippen MR) is 198 cm³/mol. The average molecular weight is 761 g/mol. The zero-order chi connectivity index (χ0) is 33.6. The van der Waals surface area contributed by atoms with Gasteiger partial charge in [0.15, 0.2) is 0 Å². The summed E-state index contributed by atoms with van der Waals surface area (Å²) in [6.07, 6.45) is 19.0. The topological polar surface area (TPSA) is 0 Å². The Kier molecular flexibility index (Phi) is 12.1. The molecule has 4 aromatic carbocycles. The number of hydrogen-bond donors (Lipinski definition) is 0. The van der Waals surface area contributed by atoms with Crippen molar-refractivity contribution >= 4 is 15.4 Å². The van der Waals surface area contributed by atoms with Gasteiger partial charge in [-0.05, 0) is 45.9 Å². The second-order valence-electron chi connectivity index (χ2n) is 15.4. The van der Waals surface area contributed by atoms with E-state index in [0.29, 0.717) is 11.3 Å². The van der Waals surface area contributed by atoms with Crippen molar-refractivity contribution in [2.75, 3.05) is 0 Å². The molecule has 0 heterocycles. The molecule has 0 bridgehead atoms. The Morgan fingerprint density at radius 3 is 1.76 bits per heavy atom. The van der Waals surface area contributed by atoms with Crippen LogP contribution in [0.3, 0.4) is 0 Å². The van der Waals surface area contributed by atoms with Gasteiger partial charge >= 0.3 is 99.2 Å². The number of allylic oxidation sites excluding steroid dienone is 6. The van der Waals surface area contributed by atoms with Crippen LogP contribution >= 0.6 is 0 Å². The summed E-state index contributed by atoms with van der Waals surface area (Å²) in [5, 5.41) is 0. The van der Waals surface area contributed by atoms with E-state index in [2.05, 4.69) is 183 Å². The van der Waals surface area contributed by atoms with E-state index >= 15 is 0 Å². The van der Waals surface area contributed by atoms with Gasteiger partial charge in [-0.25, -0.2) is 12.2 Å². The molecule has 0 aliphatic heterocycles. The fourth-order valence-corrected chi connectivity index (χ4v) is 7.65. The first-order valence-corrected chi connectivity index (χ1v) is 18.1. The van der Waals surface area contributed by atoms with Crippen LogP contribution in [0.1, 0.15) is 99.9 Å². The Bertz CT molecular complexity index is 1830. The van der Waals surface area contributed by atoms with Crippen molar-refractivity contribution in [3.63, 3.8) is 0 Å². The predicted octanol–water partition coefficient (Wildman–Crippen LogP) is 5.45. The third-order valence-corrected chi connectivity index (χ3v) is 11.2. The molecule has 0 nitrogen and oxygen atoms in total. The average Bonchev–Trinajstić information content (AvgIpc) is 3.80. The van der Waals surface area contributed by atoms with Gasteiger partial charge in [0.1, 0.15) is 0 Å². The summed E-state index contributed by atoms with van der Waals surface area (Å²) in [4.78, 5) is 0. The first-order valence-electron chi connectivity index (χ1n) is 16.9. The van der Waals surface area contributed by atoms with Crippen molar-refractivity contribution in [1.29, 1.82) is 0 Å². The van der Waals surface area contributed by atoms with Gasteiger partial charge in [-0.15, -0.1) is 11.6 Å². The van der Waals surface area contributed by atoms with E-state index in [1.165, 1.54) is 88.6 Å². The Hall–Kier alpha value is -2.83. The van der Waals surface area contributed by atoms with Gasteiger partial charge < -0.3 is 24.8 Å². The van der Waals surface area contributed by atoms with E-state index in [9.17, 15) is 0 Å². The van der Waals surface area contributed by atoms with Crippen LogP contribution in [0.15, 0.2) is 109 Å². The molecule has 4 aliphatic carbocycles. The zero-order valence-corrected chi connectivity index (χ0v) is 34.0. The molecule has 8 rings (SSSR count). The molecule has 250 valence electrons. The molecular weight excluding hydrogens is 715 g/mol. The van der Waals surface area contributed by atoms with Gasteiger partial charge in [0.2, 0.25) is 0 Å². The number of fused-ring (bicyclic) bond motifs is 5. The first-order chi connectivity index (χ1) is 22.2. The van der Waals surface area contributed by atoms with Crippen LogP contribution in [0.5, 0.6) is 0 Å². The third-order valence-electron chi connectivity index (χ3n) is 9.78. The quantitative estimate of drug-likeness (QED) is 0.210. The summed E-state index contributed by atoms with van der Waals surface area (Å²) in [7, 11) is 0. The molecule has 49 heavy (non-hydrogen) atoms. The molecule has 0 radical (unpaired) electrons. The van der Waals surface area contributed by atoms with Crippen LogP contribution in [0, 0.1) is 23.5 Å². The van der Waals surface area contributed by atoms with Crippen LogP contribution in [-0.4, -0.2) is 3.21 Å². The maximum atomic E-state index is 3.50. The molecule has 0 N–H and O–H groups in total. The molecule has 4 aromatic rings. The van der Waals surface area contributed by atoms with E-state index < -0.39 is 0 Å². The summed E-state index contributed by atoms with van der Waals surface area (Å²) >= 11 is 1.46. The maximum absolute atomic E-state index is 3.50. The van der Waals surface area contributed by atoms with Crippen molar-refractivity contribution in [3.05, 3.63) is 165 Å². The molecular formula is C46H46Cl2Zr-2. The summed E-state index contributed by atoms with van der Waals surface area (Å²) in [5.41, 5.74) is 16.1. The van der Waals surface area contributed by atoms with E-state index in [4.69, 9.17) is 0 Å². The minimum absolute atomic E-state index is 0. The summed E-state index contributed by atoms with van der Waals surface area (Å²) in [6, 6.07) is 30.8. The van der Waals surface area contributed by atoms with Gasteiger partial charge in [0.25, 0.3) is 0 Å². The van der Waals surface area contributed by atoms with E-state index in [-0.39, 0.29) is 35.6 Å². The molecule has 0 aromatic heterocycles. The number of halogens is 2. The minimum atomic E-state index is 0. The SMILES string of the molecule is CC1(C)[C-]=Cc2cc3c(cc21)Cc1cc2c(cc1-3)C=CC2(C)C.CC1[C-]=CC(C(C)(C)C)=C1.[Cl-].[Cl-].[Zr+2]=[C](c1ccccc1)c1ccccc1. The van der Waals surface area contributed by atoms with Gasteiger partial charge in [-0.2, -0.15) is 17.2 Å². The fourth-order valence-electron chi connectivity index (χ4n) is 6.83. The van der Waals surface area contributed by atoms with Crippen LogP contribution < -0.4 is 24.8 Å². The van der Waals surface area contributed by atoms with E-state index in [1.54, 1.807) is 0 Å². The van der Waals surface area contributed by atoms with Crippen LogP contribution in [0.25, 0.3) is 23.3 Å². The normalized spacial score (nSPS) is 17.5. The Morgan fingerprint density at radius 2 is 1.27 bits per heavy atom. The first kappa shape index (κ1) is 39.0. The standard InChI is InChI=1S/C23H21.C13H10.C10H15.2ClH.Zr/c1-22(2)7-5-14-10-18-16(12-20(14)22)9-17-13-21-15(11-19(17)18)6-8-23(21,3)4;1-3-7-12(8-4-1)11-13-9-5-2-6-10-13;1-8-5-6-9(7-8)10(2,3)4;;;/h5-7,10-13H,9H2,1-4H3;1-10H;6-8H,1-4H3;2*1H;/q-1;;-1;;;+2/p-2. The van der Waals surface area contributed by atoms with Crippen molar-refractivity contribution in [1.82, 2.24) is 0 Å². The van der Waals surface area contributed by atoms with Gasteiger partial charge in [-0.3, -0.25) is 12.2 Å². The summed E-state index contributed by atoms with van der Waals surface area (Å²) in [6.45, 7) is 18.0. The fraction of sp³-hybridized carbons (Fsp3) is 0.283. The zero-order valence-electron chi connectivity index (χ0n) is 30.0. The third kappa shape index (κ3) is 8.39. The Labute approximate surface area is 322 Å². The number of rotatable bonds is 2. The van der Waals surface area contributed by atoms with Crippen molar-refractivity contribution in [3.8, 4) is 11.1 Å². The van der Waals surface area contributed by atoms with Crippen LogP contribution in [-0.2, 0) is 41.5 Å². The van der Waals surface area contributed by atoms with Crippen LogP contribution in [0.2, 0.25) is 0 Å². The molecule has 0 saturated carbocycles. The van der Waals surface area contributed by atoms with E-state index in [1.807, 2.05) is 0 Å². The monoisotopic (exact) mass is 758 g/mol. The van der Waals surface area contributed by atoms with Crippen LogP contribution in [0.4, 0.5) is 0 Å². The molecule has 1 atom stereocenters. The van der Waals surface area contributed by atoms with Gasteiger partial charge in [0.05, 0.1) is 0 Å². The molecule has 3 heteroatoms. The Morgan fingerprint density at radius 1 is 0.735 bits per heavy atom.